The number of nitrogen functional groups attached to an aromatic ring is 1. The fraction of sp³-hybridized carbons (Fsp3) is 0.192. The molecule has 0 spiro atoms. The number of nitrogens with two attached hydrogens (primary N) is 1. The molecule has 4 aromatic rings. The predicted molar refractivity (Wildman–Crippen MR) is 123 cm³/mol. The number of aryl methyl sites for hydroxylation is 1. The van der Waals surface area contributed by atoms with E-state index in [-0.39, 0.29) is 16.5 Å². The summed E-state index contributed by atoms with van der Waals surface area (Å²) in [4.78, 5) is 15.8. The maximum atomic E-state index is 11.2. The summed E-state index contributed by atoms with van der Waals surface area (Å²) in [5.74, 6) is 1.08. The number of benzene rings is 3. The molecule has 1 aromatic heterocycles. The maximum absolute atomic E-state index is 11.2. The zero-order valence-electron chi connectivity index (χ0n) is 17.4. The molecule has 158 valence electrons. The molecule has 3 aromatic carbocycles. The van der Waals surface area contributed by atoms with Gasteiger partial charge in [0.2, 0.25) is 5.88 Å². The second kappa shape index (κ2) is 7.05. The lowest BCUT2D eigenvalue weighted by atomic mass is 9.79. The molecule has 0 amide bonds. The number of nitrogens with zero attached hydrogens (tertiary/aromatic N) is 2. The van der Waals surface area contributed by atoms with E-state index in [1.54, 1.807) is 12.1 Å². The highest BCUT2D eigenvalue weighted by molar-refractivity contribution is 5.91. The average Bonchev–Trinajstić information content (AvgIpc) is 2.83. The fourth-order valence-electron chi connectivity index (χ4n) is 5.15. The van der Waals surface area contributed by atoms with Gasteiger partial charge in [0, 0.05) is 40.6 Å². The van der Waals surface area contributed by atoms with Gasteiger partial charge in [-0.25, -0.2) is 4.98 Å². The van der Waals surface area contributed by atoms with Crippen LogP contribution in [0.1, 0.15) is 46.7 Å². The minimum atomic E-state index is -0.378. The molecule has 0 fully saturated rings. The number of hydrogen-bond acceptors (Lipinski definition) is 5. The van der Waals surface area contributed by atoms with Crippen molar-refractivity contribution in [3.8, 4) is 11.6 Å². The van der Waals surface area contributed by atoms with Crippen molar-refractivity contribution in [1.29, 1.82) is 0 Å². The molecule has 0 radical (unpaired) electrons. The summed E-state index contributed by atoms with van der Waals surface area (Å²) in [6.45, 7) is 0. The first-order chi connectivity index (χ1) is 15.6. The third kappa shape index (κ3) is 2.76. The lowest BCUT2D eigenvalue weighted by molar-refractivity contribution is -0.384. The largest absolute Gasteiger partial charge is 0.438 e. The first kappa shape index (κ1) is 18.8. The molecule has 2 aliphatic rings. The number of rotatable bonds is 2. The molecular formula is C26H21N3O3. The number of aromatic nitrogens is 1. The number of hydrogen-bond donors (Lipinski definition) is 1. The monoisotopic (exact) mass is 423 g/mol. The van der Waals surface area contributed by atoms with E-state index in [9.17, 15) is 10.1 Å². The Morgan fingerprint density at radius 2 is 1.75 bits per heavy atom. The van der Waals surface area contributed by atoms with Crippen molar-refractivity contribution in [2.45, 2.75) is 31.6 Å². The Kier molecular flexibility index (Phi) is 4.15. The van der Waals surface area contributed by atoms with Crippen LogP contribution in [0.3, 0.4) is 0 Å². The number of fused-ring (bicyclic) bond motifs is 5. The van der Waals surface area contributed by atoms with E-state index in [0.29, 0.717) is 5.88 Å². The van der Waals surface area contributed by atoms with Crippen LogP contribution in [0.4, 0.5) is 11.4 Å². The predicted octanol–water partition coefficient (Wildman–Crippen LogP) is 5.89. The standard InChI is InChI=1S/C26H21N3O3/c27-25-19-7-3-4-8-20(19)28-26-24(25)22(16-9-12-17(13-10-16)29(30)31)23-18-6-2-1-5-15(18)11-14-21(23)32-26/h1-2,5-6,9-14,22H,3-4,7-8H2,(H2,27,28). The summed E-state index contributed by atoms with van der Waals surface area (Å²) in [7, 11) is 0. The topological polar surface area (TPSA) is 91.3 Å². The summed E-state index contributed by atoms with van der Waals surface area (Å²) in [5.41, 5.74) is 12.6. The SMILES string of the molecule is Nc1c2c(nc3c1C(c1ccc([N+](=O)[O-])cc1)c1c(ccc4ccccc14)O3)CCCC2. The molecule has 2 heterocycles. The molecule has 2 N–H and O–H groups in total. The van der Waals surface area contributed by atoms with Crippen LogP contribution in [-0.2, 0) is 12.8 Å². The van der Waals surface area contributed by atoms with Gasteiger partial charge in [0.1, 0.15) is 5.75 Å². The minimum Gasteiger partial charge on any atom is -0.438 e. The summed E-state index contributed by atoms with van der Waals surface area (Å²) < 4.78 is 6.35. The third-order valence-electron chi connectivity index (χ3n) is 6.67. The minimum absolute atomic E-state index is 0.0655. The van der Waals surface area contributed by atoms with Crippen LogP contribution < -0.4 is 10.5 Å². The quantitative estimate of drug-likeness (QED) is 0.282. The fourth-order valence-corrected chi connectivity index (χ4v) is 5.15. The lowest BCUT2D eigenvalue weighted by Gasteiger charge is -2.32. The van der Waals surface area contributed by atoms with Crippen LogP contribution in [-0.4, -0.2) is 9.91 Å². The maximum Gasteiger partial charge on any atom is 0.269 e. The van der Waals surface area contributed by atoms with E-state index in [1.165, 1.54) is 0 Å². The Labute approximate surface area is 184 Å². The van der Waals surface area contributed by atoms with Gasteiger partial charge in [-0.05, 0) is 53.6 Å². The number of pyridine rings is 1. The van der Waals surface area contributed by atoms with Crippen molar-refractivity contribution in [2.75, 3.05) is 5.73 Å². The highest BCUT2D eigenvalue weighted by atomic mass is 16.6. The molecule has 32 heavy (non-hydrogen) atoms. The highest BCUT2D eigenvalue weighted by Crippen LogP contribution is 2.52. The zero-order valence-corrected chi connectivity index (χ0v) is 17.4. The van der Waals surface area contributed by atoms with E-state index < -0.39 is 0 Å². The molecule has 6 nitrogen and oxygen atoms in total. The lowest BCUT2D eigenvalue weighted by Crippen LogP contribution is -2.19. The highest BCUT2D eigenvalue weighted by Gasteiger charge is 2.35. The molecule has 1 aliphatic carbocycles. The Bertz CT molecular complexity index is 1400. The van der Waals surface area contributed by atoms with Gasteiger partial charge in [0.05, 0.1) is 4.92 Å². The average molecular weight is 423 g/mol. The van der Waals surface area contributed by atoms with Crippen molar-refractivity contribution in [3.05, 3.63) is 98.7 Å². The molecular weight excluding hydrogens is 402 g/mol. The Balaban J connectivity index is 1.66. The second-order valence-electron chi connectivity index (χ2n) is 8.46. The number of nitro groups is 1. The molecule has 1 aliphatic heterocycles. The molecule has 0 bridgehead atoms. The van der Waals surface area contributed by atoms with Gasteiger partial charge in [-0.3, -0.25) is 10.1 Å². The van der Waals surface area contributed by atoms with Crippen molar-refractivity contribution >= 4 is 22.1 Å². The van der Waals surface area contributed by atoms with E-state index in [4.69, 9.17) is 15.5 Å². The van der Waals surface area contributed by atoms with E-state index in [2.05, 4.69) is 12.1 Å². The Morgan fingerprint density at radius 1 is 0.969 bits per heavy atom. The molecule has 6 heteroatoms. The number of anilines is 1. The normalized spacial score (nSPS) is 16.6. The summed E-state index contributed by atoms with van der Waals surface area (Å²) >= 11 is 0. The molecule has 0 saturated heterocycles. The molecule has 0 saturated carbocycles. The van der Waals surface area contributed by atoms with Crippen LogP contribution in [0.15, 0.2) is 60.7 Å². The van der Waals surface area contributed by atoms with Gasteiger partial charge in [-0.1, -0.05) is 42.5 Å². The van der Waals surface area contributed by atoms with Crippen LogP contribution in [0.25, 0.3) is 10.8 Å². The molecule has 1 atom stereocenters. The Morgan fingerprint density at radius 3 is 2.56 bits per heavy atom. The van der Waals surface area contributed by atoms with Gasteiger partial charge < -0.3 is 10.5 Å². The smallest absolute Gasteiger partial charge is 0.269 e. The molecule has 1 unspecified atom stereocenters. The summed E-state index contributed by atoms with van der Waals surface area (Å²) in [6, 6.07) is 19.0. The van der Waals surface area contributed by atoms with Gasteiger partial charge >= 0.3 is 0 Å². The van der Waals surface area contributed by atoms with Crippen molar-refractivity contribution in [3.63, 3.8) is 0 Å². The Hall–Kier alpha value is -3.93. The number of nitro benzene ring substituents is 1. The number of ether oxygens (including phenoxy) is 1. The van der Waals surface area contributed by atoms with E-state index in [1.807, 2.05) is 36.4 Å². The van der Waals surface area contributed by atoms with Crippen LogP contribution in [0.5, 0.6) is 11.6 Å². The van der Waals surface area contributed by atoms with Crippen molar-refractivity contribution in [2.24, 2.45) is 0 Å². The summed E-state index contributed by atoms with van der Waals surface area (Å²) in [6.07, 6.45) is 4.02. The van der Waals surface area contributed by atoms with Crippen LogP contribution in [0.2, 0.25) is 0 Å². The van der Waals surface area contributed by atoms with Gasteiger partial charge in [0.25, 0.3) is 5.69 Å². The summed E-state index contributed by atoms with van der Waals surface area (Å²) in [5, 5.41) is 13.4. The third-order valence-corrected chi connectivity index (χ3v) is 6.67. The van der Waals surface area contributed by atoms with E-state index >= 15 is 0 Å². The second-order valence-corrected chi connectivity index (χ2v) is 8.46. The van der Waals surface area contributed by atoms with Crippen molar-refractivity contribution < 1.29 is 9.66 Å². The first-order valence-electron chi connectivity index (χ1n) is 10.9. The zero-order chi connectivity index (χ0) is 21.8. The van der Waals surface area contributed by atoms with Gasteiger partial charge in [-0.2, -0.15) is 0 Å². The van der Waals surface area contributed by atoms with Crippen LogP contribution >= 0.6 is 0 Å². The van der Waals surface area contributed by atoms with Gasteiger partial charge in [0.15, 0.2) is 0 Å². The van der Waals surface area contributed by atoms with Gasteiger partial charge in [-0.15, -0.1) is 0 Å². The van der Waals surface area contributed by atoms with Crippen molar-refractivity contribution in [1.82, 2.24) is 4.98 Å². The van der Waals surface area contributed by atoms with Crippen LogP contribution in [0, 0.1) is 10.1 Å². The number of non-ortho nitro benzene ring substituents is 1. The van der Waals surface area contributed by atoms with E-state index in [0.717, 1.165) is 75.8 Å². The first-order valence-corrected chi connectivity index (χ1v) is 10.9. The molecule has 6 rings (SSSR count).